The normalized spacial score (nSPS) is 10.6. The molecule has 10 nitrogen and oxygen atoms in total. The van der Waals surface area contributed by atoms with Gasteiger partial charge in [0, 0.05) is 17.5 Å². The maximum Gasteiger partial charge on any atom is 0.359 e. The highest BCUT2D eigenvalue weighted by atomic mass is 35.5. The lowest BCUT2D eigenvalue weighted by Gasteiger charge is -2.11. The van der Waals surface area contributed by atoms with Crippen LogP contribution in [0.2, 0.25) is 5.02 Å². The second kappa shape index (κ2) is 9.51. The monoisotopic (exact) mass is 478 g/mol. The summed E-state index contributed by atoms with van der Waals surface area (Å²) in [5.41, 5.74) is -0.393. The average molecular weight is 479 g/mol. The summed E-state index contributed by atoms with van der Waals surface area (Å²) < 4.78 is 6.20. The van der Waals surface area contributed by atoms with Crippen LogP contribution in [-0.4, -0.2) is 33.2 Å². The van der Waals surface area contributed by atoms with E-state index in [1.165, 1.54) is 12.1 Å². The van der Waals surface area contributed by atoms with Gasteiger partial charge in [0.1, 0.15) is 0 Å². The fraction of sp³-hybridized carbons (Fsp3) is 0.0435. The number of para-hydroxylation sites is 1. The minimum absolute atomic E-state index is 0.00174. The van der Waals surface area contributed by atoms with Crippen molar-refractivity contribution in [2.45, 2.75) is 0 Å². The number of nitro benzene ring substituents is 1. The van der Waals surface area contributed by atoms with Crippen LogP contribution >= 0.6 is 11.6 Å². The van der Waals surface area contributed by atoms with Crippen molar-refractivity contribution >= 4 is 45.6 Å². The predicted octanol–water partition coefficient (Wildman–Crippen LogP) is 3.74. The van der Waals surface area contributed by atoms with Crippen LogP contribution in [0.25, 0.3) is 16.5 Å². The predicted molar refractivity (Wildman–Crippen MR) is 124 cm³/mol. The van der Waals surface area contributed by atoms with Crippen molar-refractivity contribution in [3.05, 3.63) is 104 Å². The first-order chi connectivity index (χ1) is 16.3. The molecule has 0 spiro atoms. The van der Waals surface area contributed by atoms with E-state index in [2.05, 4.69) is 10.4 Å². The molecule has 170 valence electrons. The van der Waals surface area contributed by atoms with Crippen molar-refractivity contribution in [2.24, 2.45) is 0 Å². The summed E-state index contributed by atoms with van der Waals surface area (Å²) in [6.07, 6.45) is 0. The summed E-state index contributed by atoms with van der Waals surface area (Å²) in [6, 6.07) is 18.5. The molecule has 4 rings (SSSR count). The van der Waals surface area contributed by atoms with E-state index < -0.39 is 29.0 Å². The first-order valence-corrected chi connectivity index (χ1v) is 10.2. The van der Waals surface area contributed by atoms with Gasteiger partial charge >= 0.3 is 5.97 Å². The Morgan fingerprint density at radius 3 is 2.41 bits per heavy atom. The summed E-state index contributed by atoms with van der Waals surface area (Å²) in [4.78, 5) is 48.3. The number of ether oxygens (including phenoxy) is 1. The Morgan fingerprint density at radius 2 is 1.71 bits per heavy atom. The third kappa shape index (κ3) is 4.62. The van der Waals surface area contributed by atoms with Crippen LogP contribution in [0.5, 0.6) is 0 Å². The number of hydrogen-bond acceptors (Lipinski definition) is 7. The van der Waals surface area contributed by atoms with E-state index in [1.54, 1.807) is 54.6 Å². The van der Waals surface area contributed by atoms with Crippen molar-refractivity contribution < 1.29 is 19.2 Å². The number of aromatic nitrogens is 2. The van der Waals surface area contributed by atoms with Gasteiger partial charge in [0.05, 0.1) is 26.7 Å². The maximum absolute atomic E-state index is 12.9. The van der Waals surface area contributed by atoms with Crippen molar-refractivity contribution in [3.63, 3.8) is 0 Å². The standard InChI is InChI=1S/C23H15ClN4O6/c24-18-11-10-15(28(32)33)12-19(18)25-20(29)13-34-23(31)21-16-8-4-5-9-17(16)22(30)27(26-21)14-6-2-1-3-7-14/h1-12H,13H2,(H,25,29). The summed E-state index contributed by atoms with van der Waals surface area (Å²) in [5, 5.41) is 18.1. The van der Waals surface area contributed by atoms with Crippen LogP contribution in [0.1, 0.15) is 10.5 Å². The molecule has 0 unspecified atom stereocenters. The van der Waals surface area contributed by atoms with E-state index >= 15 is 0 Å². The zero-order chi connectivity index (χ0) is 24.2. The van der Waals surface area contributed by atoms with Gasteiger partial charge in [0.2, 0.25) is 0 Å². The molecule has 0 saturated carbocycles. The highest BCUT2D eigenvalue weighted by Crippen LogP contribution is 2.26. The quantitative estimate of drug-likeness (QED) is 0.253. The summed E-state index contributed by atoms with van der Waals surface area (Å²) in [6.45, 7) is -0.710. The van der Waals surface area contributed by atoms with Gasteiger partial charge in [-0.25, -0.2) is 4.79 Å². The van der Waals surface area contributed by atoms with Crippen LogP contribution < -0.4 is 10.9 Å². The number of carbonyl (C=O) groups is 2. The number of nitro groups is 1. The van der Waals surface area contributed by atoms with Gasteiger partial charge < -0.3 is 10.1 Å². The van der Waals surface area contributed by atoms with Gasteiger partial charge in [-0.2, -0.15) is 9.78 Å². The molecule has 1 N–H and O–H groups in total. The number of halogens is 1. The number of fused-ring (bicyclic) bond motifs is 1. The zero-order valence-corrected chi connectivity index (χ0v) is 18.1. The molecule has 0 aliphatic rings. The average Bonchev–Trinajstić information content (AvgIpc) is 2.84. The van der Waals surface area contributed by atoms with E-state index in [9.17, 15) is 24.5 Å². The molecule has 0 aliphatic heterocycles. The number of carbonyl (C=O) groups excluding carboxylic acids is 2. The van der Waals surface area contributed by atoms with Crippen molar-refractivity contribution in [1.29, 1.82) is 0 Å². The number of hydrogen-bond donors (Lipinski definition) is 1. The van der Waals surface area contributed by atoms with Gasteiger partial charge in [-0.3, -0.25) is 19.7 Å². The van der Waals surface area contributed by atoms with Gasteiger partial charge in [-0.15, -0.1) is 0 Å². The second-order valence-corrected chi connectivity index (χ2v) is 7.40. The van der Waals surface area contributed by atoms with Crippen LogP contribution in [0.3, 0.4) is 0 Å². The Kier molecular flexibility index (Phi) is 6.33. The molecule has 34 heavy (non-hydrogen) atoms. The number of amides is 1. The number of rotatable bonds is 6. The topological polar surface area (TPSA) is 133 Å². The summed E-state index contributed by atoms with van der Waals surface area (Å²) in [7, 11) is 0. The maximum atomic E-state index is 12.9. The molecule has 1 aromatic heterocycles. The number of benzene rings is 3. The Balaban J connectivity index is 1.58. The van der Waals surface area contributed by atoms with Crippen LogP contribution in [0.4, 0.5) is 11.4 Å². The minimum Gasteiger partial charge on any atom is -0.451 e. The highest BCUT2D eigenvalue weighted by molar-refractivity contribution is 6.33. The molecule has 0 fully saturated rings. The van der Waals surface area contributed by atoms with Crippen molar-refractivity contribution in [2.75, 3.05) is 11.9 Å². The third-order valence-corrected chi connectivity index (χ3v) is 5.10. The molecule has 1 heterocycles. The molecular weight excluding hydrogens is 464 g/mol. The molecule has 0 bridgehead atoms. The second-order valence-electron chi connectivity index (χ2n) is 6.99. The number of esters is 1. The van der Waals surface area contributed by atoms with Gasteiger partial charge in [0.25, 0.3) is 17.2 Å². The molecule has 4 aromatic rings. The zero-order valence-electron chi connectivity index (χ0n) is 17.3. The molecule has 0 saturated heterocycles. The van der Waals surface area contributed by atoms with E-state index in [0.717, 1.165) is 10.7 Å². The van der Waals surface area contributed by atoms with E-state index in [1.807, 2.05) is 0 Å². The fourth-order valence-electron chi connectivity index (χ4n) is 3.19. The van der Waals surface area contributed by atoms with Crippen molar-refractivity contribution in [1.82, 2.24) is 9.78 Å². The number of non-ortho nitro benzene ring substituents is 1. The SMILES string of the molecule is O=C(COC(=O)c1nn(-c2ccccc2)c(=O)c2ccccc12)Nc1cc([N+](=O)[O-])ccc1Cl. The van der Waals surface area contributed by atoms with Crippen LogP contribution in [-0.2, 0) is 9.53 Å². The van der Waals surface area contributed by atoms with Gasteiger partial charge in [-0.05, 0) is 24.3 Å². The van der Waals surface area contributed by atoms with Crippen LogP contribution in [0, 0.1) is 10.1 Å². The van der Waals surface area contributed by atoms with Gasteiger partial charge in [0.15, 0.2) is 12.3 Å². The number of anilines is 1. The van der Waals surface area contributed by atoms with Crippen LogP contribution in [0.15, 0.2) is 77.6 Å². The molecule has 3 aromatic carbocycles. The molecule has 1 amide bonds. The lowest BCUT2D eigenvalue weighted by molar-refractivity contribution is -0.384. The molecule has 0 radical (unpaired) electrons. The third-order valence-electron chi connectivity index (χ3n) is 4.77. The lowest BCUT2D eigenvalue weighted by Crippen LogP contribution is -2.26. The Morgan fingerprint density at radius 1 is 1.03 bits per heavy atom. The first-order valence-electron chi connectivity index (χ1n) is 9.83. The number of nitrogens with zero attached hydrogens (tertiary/aromatic N) is 3. The largest absolute Gasteiger partial charge is 0.451 e. The summed E-state index contributed by atoms with van der Waals surface area (Å²) >= 11 is 5.97. The van der Waals surface area contributed by atoms with E-state index in [0.29, 0.717) is 5.69 Å². The Labute approximate surface area is 196 Å². The Hall–Kier alpha value is -4.57. The van der Waals surface area contributed by atoms with E-state index in [4.69, 9.17) is 16.3 Å². The molecule has 0 aliphatic carbocycles. The lowest BCUT2D eigenvalue weighted by atomic mass is 10.1. The summed E-state index contributed by atoms with van der Waals surface area (Å²) in [5.74, 6) is -1.70. The van der Waals surface area contributed by atoms with Gasteiger partial charge in [-0.1, -0.05) is 48.0 Å². The first kappa shape index (κ1) is 22.6. The highest BCUT2D eigenvalue weighted by Gasteiger charge is 2.20. The molecule has 0 atom stereocenters. The minimum atomic E-state index is -0.929. The molecular formula is C23H15ClN4O6. The molecule has 11 heteroatoms. The number of nitrogens with one attached hydrogen (secondary N) is 1. The van der Waals surface area contributed by atoms with Crippen molar-refractivity contribution in [3.8, 4) is 5.69 Å². The Bertz CT molecular complexity index is 1490. The fourth-order valence-corrected chi connectivity index (χ4v) is 3.36. The smallest absolute Gasteiger partial charge is 0.359 e. The van der Waals surface area contributed by atoms with E-state index in [-0.39, 0.29) is 32.9 Å².